The van der Waals surface area contributed by atoms with E-state index in [0.29, 0.717) is 18.0 Å². The van der Waals surface area contributed by atoms with Crippen molar-refractivity contribution < 1.29 is 14.7 Å². The Kier molecular flexibility index (Phi) is 5.02. The topological polar surface area (TPSA) is 97.1 Å². The van der Waals surface area contributed by atoms with Crippen LogP contribution in [0.3, 0.4) is 0 Å². The number of carbonyl (C=O) groups excluding carboxylic acids is 1. The van der Waals surface area contributed by atoms with Gasteiger partial charge in [0.05, 0.1) is 5.69 Å². The lowest BCUT2D eigenvalue weighted by Gasteiger charge is -2.17. The van der Waals surface area contributed by atoms with Crippen LogP contribution in [0.1, 0.15) is 43.9 Å². The number of nitrogens with zero attached hydrogens (tertiary/aromatic N) is 3. The molecule has 1 aromatic rings. The monoisotopic (exact) mass is 268 g/mol. The largest absolute Gasteiger partial charge is 0.476 e. The fourth-order valence-corrected chi connectivity index (χ4v) is 1.58. The van der Waals surface area contributed by atoms with Crippen LogP contribution in [0.4, 0.5) is 0 Å². The molecule has 1 rings (SSSR count). The highest BCUT2D eigenvalue weighted by Crippen LogP contribution is 2.07. The molecule has 0 aliphatic carbocycles. The molecule has 1 heterocycles. The molecule has 1 atom stereocenters. The zero-order valence-electron chi connectivity index (χ0n) is 11.7. The Hall–Kier alpha value is -1.92. The number of carboxylic acids is 1. The number of hydrogen-bond acceptors (Lipinski definition) is 4. The summed E-state index contributed by atoms with van der Waals surface area (Å²) in [7, 11) is 0. The number of carboxylic acid groups (broad SMARTS) is 1. The summed E-state index contributed by atoms with van der Waals surface area (Å²) in [5.41, 5.74) is 0.368. The van der Waals surface area contributed by atoms with E-state index in [4.69, 9.17) is 5.11 Å². The summed E-state index contributed by atoms with van der Waals surface area (Å²) in [5, 5.41) is 19.1. The van der Waals surface area contributed by atoms with Gasteiger partial charge in [0.1, 0.15) is 6.54 Å². The average molecular weight is 268 g/mol. The van der Waals surface area contributed by atoms with Crippen LogP contribution in [-0.4, -0.2) is 38.0 Å². The summed E-state index contributed by atoms with van der Waals surface area (Å²) in [6, 6.07) is 0.0556. The van der Waals surface area contributed by atoms with E-state index in [1.54, 1.807) is 6.92 Å². The van der Waals surface area contributed by atoms with Crippen molar-refractivity contribution in [2.75, 3.05) is 0 Å². The van der Waals surface area contributed by atoms with Gasteiger partial charge in [-0.15, -0.1) is 5.10 Å². The summed E-state index contributed by atoms with van der Waals surface area (Å²) in [4.78, 5) is 22.8. The molecule has 0 radical (unpaired) electrons. The maximum atomic E-state index is 11.8. The number of aromatic carboxylic acids is 1. The van der Waals surface area contributed by atoms with Crippen LogP contribution in [-0.2, 0) is 17.8 Å². The van der Waals surface area contributed by atoms with Crippen molar-refractivity contribution in [3.8, 4) is 0 Å². The van der Waals surface area contributed by atoms with Gasteiger partial charge in [-0.2, -0.15) is 0 Å². The fraction of sp³-hybridized carbons (Fsp3) is 0.667. The van der Waals surface area contributed by atoms with E-state index >= 15 is 0 Å². The summed E-state index contributed by atoms with van der Waals surface area (Å²) >= 11 is 0. The van der Waals surface area contributed by atoms with Gasteiger partial charge in [0.2, 0.25) is 5.91 Å². The van der Waals surface area contributed by atoms with E-state index in [9.17, 15) is 9.59 Å². The molecule has 0 fully saturated rings. The molecule has 0 aromatic carbocycles. The van der Waals surface area contributed by atoms with E-state index in [1.165, 1.54) is 4.68 Å². The van der Waals surface area contributed by atoms with Crippen LogP contribution in [0.5, 0.6) is 0 Å². The molecule has 0 spiro atoms. The van der Waals surface area contributed by atoms with Crippen molar-refractivity contribution in [1.82, 2.24) is 20.3 Å². The molecule has 0 aliphatic heterocycles. The molecule has 1 aromatic heterocycles. The Bertz CT molecular complexity index is 468. The molecule has 1 amide bonds. The van der Waals surface area contributed by atoms with Crippen molar-refractivity contribution in [3.63, 3.8) is 0 Å². The number of nitrogens with one attached hydrogen (secondary N) is 1. The molecule has 0 saturated carbocycles. The molecule has 0 aliphatic rings. The molecule has 2 N–H and O–H groups in total. The van der Waals surface area contributed by atoms with Gasteiger partial charge < -0.3 is 10.4 Å². The molecule has 7 heteroatoms. The summed E-state index contributed by atoms with van der Waals surface area (Å²) in [6.07, 6.45) is 0.460. The maximum Gasteiger partial charge on any atom is 0.358 e. The number of amides is 1. The summed E-state index contributed by atoms with van der Waals surface area (Å²) in [6.45, 7) is 7.74. The van der Waals surface area contributed by atoms with E-state index < -0.39 is 5.97 Å². The molecule has 0 saturated heterocycles. The van der Waals surface area contributed by atoms with Gasteiger partial charge in [0.25, 0.3) is 0 Å². The number of rotatable bonds is 6. The smallest absolute Gasteiger partial charge is 0.358 e. The summed E-state index contributed by atoms with van der Waals surface area (Å²) < 4.78 is 1.34. The predicted molar refractivity (Wildman–Crippen MR) is 68.8 cm³/mol. The van der Waals surface area contributed by atoms with E-state index in [1.807, 2.05) is 20.8 Å². The number of carbonyl (C=O) groups is 2. The molecule has 0 bridgehead atoms. The van der Waals surface area contributed by atoms with Gasteiger partial charge in [0, 0.05) is 6.04 Å². The van der Waals surface area contributed by atoms with Crippen molar-refractivity contribution in [2.24, 2.45) is 5.92 Å². The Balaban J connectivity index is 2.77. The predicted octanol–water partition coefficient (Wildman–Crippen LogP) is 0.699. The van der Waals surface area contributed by atoms with E-state index in [2.05, 4.69) is 15.6 Å². The van der Waals surface area contributed by atoms with Crippen molar-refractivity contribution in [3.05, 3.63) is 11.4 Å². The SMILES string of the molecule is CCc1c(C(=O)O)nnn1CC(=O)NC(C)C(C)C. The molecule has 106 valence electrons. The van der Waals surface area contributed by atoms with Gasteiger partial charge in [0.15, 0.2) is 5.69 Å². The lowest BCUT2D eigenvalue weighted by Crippen LogP contribution is -2.38. The molecular formula is C12H20N4O3. The first-order valence-corrected chi connectivity index (χ1v) is 6.31. The zero-order chi connectivity index (χ0) is 14.6. The first-order valence-electron chi connectivity index (χ1n) is 6.31. The highest BCUT2D eigenvalue weighted by atomic mass is 16.4. The molecule has 19 heavy (non-hydrogen) atoms. The Morgan fingerprint density at radius 2 is 2.00 bits per heavy atom. The van der Waals surface area contributed by atoms with Crippen LogP contribution >= 0.6 is 0 Å². The second-order valence-electron chi connectivity index (χ2n) is 4.80. The van der Waals surface area contributed by atoms with Gasteiger partial charge in [-0.05, 0) is 19.3 Å². The van der Waals surface area contributed by atoms with Crippen LogP contribution in [0.2, 0.25) is 0 Å². The fourth-order valence-electron chi connectivity index (χ4n) is 1.58. The minimum atomic E-state index is -1.13. The molecule has 7 nitrogen and oxygen atoms in total. The highest BCUT2D eigenvalue weighted by Gasteiger charge is 2.19. The van der Waals surface area contributed by atoms with Gasteiger partial charge in [-0.3, -0.25) is 4.79 Å². The third-order valence-corrected chi connectivity index (χ3v) is 3.06. The quantitative estimate of drug-likeness (QED) is 0.791. The van der Waals surface area contributed by atoms with Gasteiger partial charge >= 0.3 is 5.97 Å². The Morgan fingerprint density at radius 3 is 2.47 bits per heavy atom. The normalized spacial score (nSPS) is 12.5. The van der Waals surface area contributed by atoms with Crippen LogP contribution < -0.4 is 5.32 Å². The van der Waals surface area contributed by atoms with Gasteiger partial charge in [-0.1, -0.05) is 26.0 Å². The lowest BCUT2D eigenvalue weighted by molar-refractivity contribution is -0.122. The summed E-state index contributed by atoms with van der Waals surface area (Å²) in [5.74, 6) is -0.989. The van der Waals surface area contributed by atoms with Crippen molar-refractivity contribution in [2.45, 2.75) is 46.7 Å². The Labute approximate surface area is 112 Å². The molecule has 1 unspecified atom stereocenters. The van der Waals surface area contributed by atoms with Crippen LogP contribution in [0.15, 0.2) is 0 Å². The van der Waals surface area contributed by atoms with Crippen molar-refractivity contribution >= 4 is 11.9 Å². The molecular weight excluding hydrogens is 248 g/mol. The number of aromatic nitrogens is 3. The first kappa shape index (κ1) is 15.1. The maximum absolute atomic E-state index is 11.8. The van der Waals surface area contributed by atoms with E-state index in [0.717, 1.165) is 0 Å². The van der Waals surface area contributed by atoms with Crippen LogP contribution in [0, 0.1) is 5.92 Å². The third kappa shape index (κ3) is 3.77. The minimum absolute atomic E-state index is 0.0134. The van der Waals surface area contributed by atoms with Crippen LogP contribution in [0.25, 0.3) is 0 Å². The van der Waals surface area contributed by atoms with Gasteiger partial charge in [-0.25, -0.2) is 9.48 Å². The first-order chi connectivity index (χ1) is 8.86. The minimum Gasteiger partial charge on any atom is -0.476 e. The second kappa shape index (κ2) is 6.31. The number of hydrogen-bond donors (Lipinski definition) is 2. The second-order valence-corrected chi connectivity index (χ2v) is 4.80. The van der Waals surface area contributed by atoms with Crippen molar-refractivity contribution in [1.29, 1.82) is 0 Å². The van der Waals surface area contributed by atoms with E-state index in [-0.39, 0.29) is 24.2 Å². The highest BCUT2D eigenvalue weighted by molar-refractivity contribution is 5.86. The standard InChI is InChI=1S/C12H20N4O3/c1-5-9-11(12(18)19)14-15-16(9)6-10(17)13-8(4)7(2)3/h7-8H,5-6H2,1-4H3,(H,13,17)(H,18,19). The third-order valence-electron chi connectivity index (χ3n) is 3.06. The zero-order valence-corrected chi connectivity index (χ0v) is 11.7. The Morgan fingerprint density at radius 1 is 1.37 bits per heavy atom. The lowest BCUT2D eigenvalue weighted by atomic mass is 10.1. The average Bonchev–Trinajstić information content (AvgIpc) is 2.71.